The third-order valence-electron chi connectivity index (χ3n) is 7.81. The SMILES string of the molecule is CCCC(=O)N[C@H]1[C@H]2[C@@H]3C[C@H]4[C@H]5C[C@H]([C@@H]42)[C@]1(C)[C@H]53. The van der Waals surface area contributed by atoms with E-state index in [9.17, 15) is 4.79 Å². The lowest BCUT2D eigenvalue weighted by atomic mass is 9.64. The van der Waals surface area contributed by atoms with Gasteiger partial charge in [-0.1, -0.05) is 13.8 Å². The molecular formula is C16H23NO. The minimum atomic E-state index is 0.316. The third-order valence-corrected chi connectivity index (χ3v) is 7.81. The van der Waals surface area contributed by atoms with Crippen molar-refractivity contribution in [3.63, 3.8) is 0 Å². The van der Waals surface area contributed by atoms with Gasteiger partial charge in [-0.25, -0.2) is 0 Å². The Kier molecular flexibility index (Phi) is 1.60. The number of hydrogen-bond donors (Lipinski definition) is 1. The van der Waals surface area contributed by atoms with Gasteiger partial charge < -0.3 is 5.32 Å². The number of carbonyl (C=O) groups excluding carboxylic acids is 1. The standard InChI is InChI=1S/C16H23NO/c1-3-4-11(18)17-15-13-9-5-7-8-6-10(12(7)13)16(15,2)14(8)9/h7-10,12-15H,3-6H2,1-2H3,(H,17,18)/t7-,8+,9-,10+,12+,13-,14+,15-,16+/m0/s1. The van der Waals surface area contributed by atoms with Crippen molar-refractivity contribution < 1.29 is 4.79 Å². The Hall–Kier alpha value is -0.530. The van der Waals surface area contributed by atoms with Crippen LogP contribution < -0.4 is 5.32 Å². The second-order valence-corrected chi connectivity index (χ2v) is 7.91. The van der Waals surface area contributed by atoms with Crippen molar-refractivity contribution in [2.75, 3.05) is 0 Å². The van der Waals surface area contributed by atoms with Crippen LogP contribution in [0.15, 0.2) is 0 Å². The van der Waals surface area contributed by atoms with Crippen molar-refractivity contribution in [1.29, 1.82) is 0 Å². The molecule has 0 aromatic rings. The fourth-order valence-corrected chi connectivity index (χ4v) is 7.85. The Morgan fingerprint density at radius 1 is 1.22 bits per heavy atom. The van der Waals surface area contributed by atoms with E-state index in [1.165, 1.54) is 12.8 Å². The van der Waals surface area contributed by atoms with E-state index in [2.05, 4.69) is 19.2 Å². The summed E-state index contributed by atoms with van der Waals surface area (Å²) in [5, 5.41) is 3.46. The van der Waals surface area contributed by atoms with Crippen LogP contribution in [0.25, 0.3) is 0 Å². The zero-order valence-corrected chi connectivity index (χ0v) is 11.4. The van der Waals surface area contributed by atoms with Crippen LogP contribution in [-0.4, -0.2) is 11.9 Å². The molecule has 0 saturated heterocycles. The summed E-state index contributed by atoms with van der Waals surface area (Å²) >= 11 is 0. The first-order valence-corrected chi connectivity index (χ1v) is 7.97. The van der Waals surface area contributed by atoms with Crippen LogP contribution in [0.1, 0.15) is 39.5 Å². The molecule has 6 saturated carbocycles. The summed E-state index contributed by atoms with van der Waals surface area (Å²) in [5.74, 6) is 7.24. The predicted molar refractivity (Wildman–Crippen MR) is 68.6 cm³/mol. The van der Waals surface area contributed by atoms with E-state index in [4.69, 9.17) is 0 Å². The van der Waals surface area contributed by atoms with Crippen LogP contribution in [0.2, 0.25) is 0 Å². The maximum absolute atomic E-state index is 12.0. The second-order valence-electron chi connectivity index (χ2n) is 7.91. The molecule has 6 aliphatic rings. The summed E-state index contributed by atoms with van der Waals surface area (Å²) in [7, 11) is 0. The molecule has 6 rings (SSSR count). The molecule has 0 radical (unpaired) electrons. The normalized spacial score (nSPS) is 64.6. The molecule has 6 fully saturated rings. The lowest BCUT2D eigenvalue weighted by Gasteiger charge is -2.40. The lowest BCUT2D eigenvalue weighted by Crippen LogP contribution is -2.45. The third kappa shape index (κ3) is 0.779. The first kappa shape index (κ1) is 10.3. The van der Waals surface area contributed by atoms with Gasteiger partial charge in [-0.05, 0) is 66.1 Å². The second kappa shape index (κ2) is 2.81. The summed E-state index contributed by atoms with van der Waals surface area (Å²) in [6, 6.07) is 0.541. The Bertz CT molecular complexity index is 446. The lowest BCUT2D eigenvalue weighted by molar-refractivity contribution is -0.122. The predicted octanol–water partition coefficient (Wildman–Crippen LogP) is 2.44. The summed E-state index contributed by atoms with van der Waals surface area (Å²) in [6.07, 6.45) is 4.71. The monoisotopic (exact) mass is 245 g/mol. The van der Waals surface area contributed by atoms with Crippen molar-refractivity contribution in [3.8, 4) is 0 Å². The number of rotatable bonds is 3. The topological polar surface area (TPSA) is 29.1 Å². The van der Waals surface area contributed by atoms with Gasteiger partial charge in [-0.3, -0.25) is 4.79 Å². The zero-order valence-electron chi connectivity index (χ0n) is 11.4. The van der Waals surface area contributed by atoms with Gasteiger partial charge in [0.15, 0.2) is 0 Å². The van der Waals surface area contributed by atoms with Crippen molar-refractivity contribution in [2.45, 2.75) is 45.6 Å². The van der Waals surface area contributed by atoms with E-state index < -0.39 is 0 Å². The number of carbonyl (C=O) groups is 1. The molecule has 0 aromatic heterocycles. The number of nitrogens with one attached hydrogen (secondary N) is 1. The van der Waals surface area contributed by atoms with Crippen molar-refractivity contribution in [1.82, 2.24) is 5.32 Å². The molecule has 6 aliphatic carbocycles. The average Bonchev–Trinajstić information content (AvgIpc) is 2.99. The molecule has 0 aliphatic heterocycles. The molecule has 0 aromatic carbocycles. The maximum atomic E-state index is 12.0. The van der Waals surface area contributed by atoms with Crippen LogP contribution in [0.4, 0.5) is 0 Å². The van der Waals surface area contributed by atoms with Crippen LogP contribution in [0, 0.1) is 46.8 Å². The highest BCUT2D eigenvalue weighted by atomic mass is 16.1. The quantitative estimate of drug-likeness (QED) is 0.813. The van der Waals surface area contributed by atoms with E-state index >= 15 is 0 Å². The summed E-state index contributed by atoms with van der Waals surface area (Å²) < 4.78 is 0. The highest BCUT2D eigenvalue weighted by Gasteiger charge is 2.84. The Morgan fingerprint density at radius 3 is 2.78 bits per heavy atom. The molecule has 6 bridgehead atoms. The molecule has 0 unspecified atom stereocenters. The first-order chi connectivity index (χ1) is 8.67. The van der Waals surface area contributed by atoms with Gasteiger partial charge in [0.05, 0.1) is 0 Å². The van der Waals surface area contributed by atoms with Crippen LogP contribution in [-0.2, 0) is 4.79 Å². The van der Waals surface area contributed by atoms with E-state index in [1.807, 2.05) is 0 Å². The smallest absolute Gasteiger partial charge is 0.220 e. The molecule has 9 atom stereocenters. The van der Waals surface area contributed by atoms with Gasteiger partial charge in [-0.2, -0.15) is 0 Å². The first-order valence-electron chi connectivity index (χ1n) is 7.97. The molecule has 1 N–H and O–H groups in total. The van der Waals surface area contributed by atoms with E-state index in [1.54, 1.807) is 0 Å². The summed E-state index contributed by atoms with van der Waals surface area (Å²) in [4.78, 5) is 12.0. The molecule has 1 amide bonds. The maximum Gasteiger partial charge on any atom is 0.220 e. The van der Waals surface area contributed by atoms with Crippen molar-refractivity contribution in [2.24, 2.45) is 46.8 Å². The van der Waals surface area contributed by atoms with E-state index in [0.717, 1.165) is 54.3 Å². The van der Waals surface area contributed by atoms with Gasteiger partial charge in [0, 0.05) is 12.5 Å². The fourth-order valence-electron chi connectivity index (χ4n) is 7.85. The number of amides is 1. The Morgan fingerprint density at radius 2 is 2.06 bits per heavy atom. The minimum absolute atomic E-state index is 0.316. The zero-order chi connectivity index (χ0) is 12.2. The van der Waals surface area contributed by atoms with Gasteiger partial charge >= 0.3 is 0 Å². The Labute approximate surface area is 109 Å². The summed E-state index contributed by atoms with van der Waals surface area (Å²) in [6.45, 7) is 4.62. The fraction of sp³-hybridized carbons (Fsp3) is 0.938. The molecule has 0 spiro atoms. The van der Waals surface area contributed by atoms with Gasteiger partial charge in [0.1, 0.15) is 0 Å². The molecule has 0 heterocycles. The van der Waals surface area contributed by atoms with Crippen molar-refractivity contribution in [3.05, 3.63) is 0 Å². The molecule has 18 heavy (non-hydrogen) atoms. The Balaban J connectivity index is 1.52. The summed E-state index contributed by atoms with van der Waals surface area (Å²) in [5.41, 5.74) is 0.487. The highest BCUT2D eigenvalue weighted by molar-refractivity contribution is 5.76. The molecular weight excluding hydrogens is 222 g/mol. The van der Waals surface area contributed by atoms with Crippen LogP contribution in [0.5, 0.6) is 0 Å². The van der Waals surface area contributed by atoms with Gasteiger partial charge in [0.25, 0.3) is 0 Å². The minimum Gasteiger partial charge on any atom is -0.353 e. The van der Waals surface area contributed by atoms with Crippen LogP contribution >= 0.6 is 0 Å². The molecule has 2 nitrogen and oxygen atoms in total. The van der Waals surface area contributed by atoms with E-state index in [0.29, 0.717) is 17.4 Å². The number of hydrogen-bond acceptors (Lipinski definition) is 1. The highest BCUT2D eigenvalue weighted by Crippen LogP contribution is 2.86. The van der Waals surface area contributed by atoms with Gasteiger partial charge in [-0.15, -0.1) is 0 Å². The largest absolute Gasteiger partial charge is 0.353 e. The molecule has 2 heteroatoms. The average molecular weight is 245 g/mol. The van der Waals surface area contributed by atoms with Gasteiger partial charge in [0.2, 0.25) is 5.91 Å². The van der Waals surface area contributed by atoms with E-state index in [-0.39, 0.29) is 0 Å². The van der Waals surface area contributed by atoms with Crippen molar-refractivity contribution >= 4 is 5.91 Å². The van der Waals surface area contributed by atoms with Crippen LogP contribution in [0.3, 0.4) is 0 Å². The molecule has 98 valence electrons.